The number of para-hydroxylation sites is 1. The maximum Gasteiger partial charge on any atom is 0.185 e. The molecule has 0 radical (unpaired) electrons. The van der Waals surface area contributed by atoms with Gasteiger partial charge in [-0.15, -0.1) is 0 Å². The highest BCUT2D eigenvalue weighted by Crippen LogP contribution is 2.26. The molecular formula is C12H11N3O. The summed E-state index contributed by atoms with van der Waals surface area (Å²) in [4.78, 5) is 3.30. The fourth-order valence-electron chi connectivity index (χ4n) is 1.86. The van der Waals surface area contributed by atoms with Gasteiger partial charge in [0.25, 0.3) is 0 Å². The molecule has 16 heavy (non-hydrogen) atoms. The van der Waals surface area contributed by atoms with Gasteiger partial charge in [-0.2, -0.15) is 0 Å². The SMILES string of the molecule is Cc1cccc2cc(-c3cc(N)no3)[nH]c12. The molecule has 3 N–H and O–H groups in total. The molecule has 0 aliphatic heterocycles. The third-order valence-electron chi connectivity index (χ3n) is 2.66. The van der Waals surface area contributed by atoms with Crippen molar-refractivity contribution in [3.05, 3.63) is 35.9 Å². The van der Waals surface area contributed by atoms with Crippen molar-refractivity contribution in [1.82, 2.24) is 10.1 Å². The molecule has 4 nitrogen and oxygen atoms in total. The van der Waals surface area contributed by atoms with Crippen LogP contribution >= 0.6 is 0 Å². The molecule has 0 atom stereocenters. The van der Waals surface area contributed by atoms with Crippen LogP contribution in [0, 0.1) is 6.92 Å². The zero-order valence-electron chi connectivity index (χ0n) is 8.82. The number of nitrogen functional groups attached to an aromatic ring is 1. The number of hydrogen-bond acceptors (Lipinski definition) is 3. The Kier molecular flexibility index (Phi) is 1.77. The van der Waals surface area contributed by atoms with Crippen molar-refractivity contribution in [2.45, 2.75) is 6.92 Å². The number of nitrogens with one attached hydrogen (secondary N) is 1. The minimum absolute atomic E-state index is 0.394. The molecule has 1 aromatic carbocycles. The topological polar surface area (TPSA) is 67.8 Å². The minimum atomic E-state index is 0.394. The second-order valence-electron chi connectivity index (χ2n) is 3.84. The number of aromatic nitrogens is 2. The molecule has 2 aromatic heterocycles. The van der Waals surface area contributed by atoms with Gasteiger partial charge in [-0.05, 0) is 18.6 Å². The lowest BCUT2D eigenvalue weighted by Crippen LogP contribution is -1.80. The second kappa shape index (κ2) is 3.13. The molecule has 0 spiro atoms. The van der Waals surface area contributed by atoms with Crippen LogP contribution in [0.2, 0.25) is 0 Å². The molecule has 2 heterocycles. The van der Waals surface area contributed by atoms with E-state index in [-0.39, 0.29) is 0 Å². The Hall–Kier alpha value is -2.23. The molecule has 0 aliphatic rings. The summed E-state index contributed by atoms with van der Waals surface area (Å²) in [6, 6.07) is 9.89. The van der Waals surface area contributed by atoms with Crippen molar-refractivity contribution in [2.75, 3.05) is 5.73 Å². The average Bonchev–Trinajstić information content (AvgIpc) is 2.84. The predicted octanol–water partition coefficient (Wildman–Crippen LogP) is 2.71. The normalized spacial score (nSPS) is 11.1. The molecule has 3 rings (SSSR count). The number of rotatable bonds is 1. The van der Waals surface area contributed by atoms with Crippen LogP contribution in [0.5, 0.6) is 0 Å². The van der Waals surface area contributed by atoms with Gasteiger partial charge in [0.2, 0.25) is 0 Å². The van der Waals surface area contributed by atoms with E-state index in [1.807, 2.05) is 12.1 Å². The van der Waals surface area contributed by atoms with Gasteiger partial charge < -0.3 is 15.2 Å². The summed E-state index contributed by atoms with van der Waals surface area (Å²) in [5.41, 5.74) is 8.74. The third-order valence-corrected chi connectivity index (χ3v) is 2.66. The monoisotopic (exact) mass is 213 g/mol. The Bertz CT molecular complexity index is 651. The van der Waals surface area contributed by atoms with E-state index in [1.54, 1.807) is 6.07 Å². The van der Waals surface area contributed by atoms with E-state index < -0.39 is 0 Å². The number of benzene rings is 1. The van der Waals surface area contributed by atoms with Crippen molar-refractivity contribution in [2.24, 2.45) is 0 Å². The van der Waals surface area contributed by atoms with Gasteiger partial charge in [0.1, 0.15) is 0 Å². The van der Waals surface area contributed by atoms with Crippen molar-refractivity contribution >= 4 is 16.7 Å². The molecule has 0 unspecified atom stereocenters. The fourth-order valence-corrected chi connectivity index (χ4v) is 1.86. The average molecular weight is 213 g/mol. The van der Waals surface area contributed by atoms with Crippen LogP contribution in [0.15, 0.2) is 34.9 Å². The number of H-pyrrole nitrogens is 1. The molecule has 0 saturated carbocycles. The smallest absolute Gasteiger partial charge is 0.185 e. The van der Waals surface area contributed by atoms with Crippen molar-refractivity contribution in [3.63, 3.8) is 0 Å². The van der Waals surface area contributed by atoms with Crippen molar-refractivity contribution in [1.29, 1.82) is 0 Å². The highest BCUT2D eigenvalue weighted by molar-refractivity contribution is 5.87. The molecule has 4 heteroatoms. The number of fused-ring (bicyclic) bond motifs is 1. The molecule has 0 aliphatic carbocycles. The maximum atomic E-state index is 5.52. The summed E-state index contributed by atoms with van der Waals surface area (Å²) in [7, 11) is 0. The summed E-state index contributed by atoms with van der Waals surface area (Å²) in [6.45, 7) is 2.07. The molecule has 0 amide bonds. The highest BCUT2D eigenvalue weighted by atomic mass is 16.5. The summed E-state index contributed by atoms with van der Waals surface area (Å²) in [5, 5.41) is 4.83. The molecule has 0 saturated heterocycles. The van der Waals surface area contributed by atoms with E-state index in [4.69, 9.17) is 10.3 Å². The zero-order valence-corrected chi connectivity index (χ0v) is 8.82. The molecule has 80 valence electrons. The molecule has 0 fully saturated rings. The first-order valence-corrected chi connectivity index (χ1v) is 5.05. The van der Waals surface area contributed by atoms with Gasteiger partial charge in [-0.25, -0.2) is 0 Å². The van der Waals surface area contributed by atoms with Crippen LogP contribution in [0.25, 0.3) is 22.4 Å². The van der Waals surface area contributed by atoms with Crippen LogP contribution < -0.4 is 5.73 Å². The number of nitrogens with zero attached hydrogens (tertiary/aromatic N) is 1. The number of aryl methyl sites for hydroxylation is 1. The number of hydrogen-bond donors (Lipinski definition) is 2. The first-order chi connectivity index (χ1) is 7.74. The van der Waals surface area contributed by atoms with E-state index in [9.17, 15) is 0 Å². The van der Waals surface area contributed by atoms with Crippen LogP contribution in [-0.4, -0.2) is 10.1 Å². The zero-order chi connectivity index (χ0) is 11.1. The van der Waals surface area contributed by atoms with Gasteiger partial charge in [0, 0.05) is 17.0 Å². The number of aromatic amines is 1. The second-order valence-corrected chi connectivity index (χ2v) is 3.84. The molecule has 3 aromatic rings. The lowest BCUT2D eigenvalue weighted by molar-refractivity contribution is 0.435. The Labute approximate surface area is 92.0 Å². The Morgan fingerprint density at radius 2 is 2.19 bits per heavy atom. The quantitative estimate of drug-likeness (QED) is 0.653. The van der Waals surface area contributed by atoms with Crippen molar-refractivity contribution < 1.29 is 4.52 Å². The van der Waals surface area contributed by atoms with Gasteiger partial charge in [-0.1, -0.05) is 23.4 Å². The summed E-state index contributed by atoms with van der Waals surface area (Å²) in [5.74, 6) is 1.05. The standard InChI is InChI=1S/C12H11N3O/c1-7-3-2-4-8-5-9(14-12(7)8)10-6-11(13)15-16-10/h2-6,14H,1H3,(H2,13,15). The third kappa shape index (κ3) is 1.27. The lowest BCUT2D eigenvalue weighted by atomic mass is 10.2. The minimum Gasteiger partial charge on any atom is -0.381 e. The van der Waals surface area contributed by atoms with E-state index in [2.05, 4.69) is 29.2 Å². The summed E-state index contributed by atoms with van der Waals surface area (Å²) in [6.07, 6.45) is 0. The first-order valence-electron chi connectivity index (χ1n) is 5.05. The van der Waals surface area contributed by atoms with Crippen LogP contribution in [0.3, 0.4) is 0 Å². The van der Waals surface area contributed by atoms with Gasteiger partial charge >= 0.3 is 0 Å². The van der Waals surface area contributed by atoms with Gasteiger partial charge in [0.15, 0.2) is 11.6 Å². The fraction of sp³-hybridized carbons (Fsp3) is 0.0833. The van der Waals surface area contributed by atoms with E-state index >= 15 is 0 Å². The largest absolute Gasteiger partial charge is 0.381 e. The Morgan fingerprint density at radius 1 is 1.31 bits per heavy atom. The number of nitrogens with two attached hydrogens (primary N) is 1. The molecular weight excluding hydrogens is 202 g/mol. The predicted molar refractivity (Wildman–Crippen MR) is 62.9 cm³/mol. The Balaban J connectivity index is 2.22. The number of anilines is 1. The highest BCUT2D eigenvalue weighted by Gasteiger charge is 2.08. The first kappa shape index (κ1) is 9.03. The van der Waals surface area contributed by atoms with Crippen molar-refractivity contribution in [3.8, 4) is 11.5 Å². The van der Waals surface area contributed by atoms with Gasteiger partial charge in [0.05, 0.1) is 5.69 Å². The van der Waals surface area contributed by atoms with Crippen LogP contribution in [-0.2, 0) is 0 Å². The maximum absolute atomic E-state index is 5.52. The van der Waals surface area contributed by atoms with Crippen LogP contribution in [0.1, 0.15) is 5.56 Å². The van der Waals surface area contributed by atoms with E-state index in [1.165, 1.54) is 5.56 Å². The van der Waals surface area contributed by atoms with Gasteiger partial charge in [-0.3, -0.25) is 0 Å². The van der Waals surface area contributed by atoms with Crippen LogP contribution in [0.4, 0.5) is 5.82 Å². The summed E-state index contributed by atoms with van der Waals surface area (Å²) >= 11 is 0. The van der Waals surface area contributed by atoms with E-state index in [0.717, 1.165) is 16.6 Å². The summed E-state index contributed by atoms with van der Waals surface area (Å²) < 4.78 is 5.11. The van der Waals surface area contributed by atoms with E-state index in [0.29, 0.717) is 11.6 Å². The molecule has 0 bridgehead atoms. The lowest BCUT2D eigenvalue weighted by Gasteiger charge is -1.93. The Morgan fingerprint density at radius 3 is 2.88 bits per heavy atom.